The Balaban J connectivity index is 3.59. The molecule has 1 amide bonds. The van der Waals surface area contributed by atoms with E-state index in [2.05, 4.69) is 32.2 Å². The van der Waals surface area contributed by atoms with Crippen molar-refractivity contribution >= 4 is 5.91 Å². The van der Waals surface area contributed by atoms with Gasteiger partial charge in [0, 0.05) is 12.6 Å². The van der Waals surface area contributed by atoms with Gasteiger partial charge in [-0.05, 0) is 18.8 Å². The zero-order chi connectivity index (χ0) is 12.9. The summed E-state index contributed by atoms with van der Waals surface area (Å²) in [5.74, 6) is 0.556. The first-order valence-electron chi connectivity index (χ1n) is 6.81. The minimum Gasteiger partial charge on any atom is -0.352 e. The maximum atomic E-state index is 11.4. The van der Waals surface area contributed by atoms with Crippen molar-refractivity contribution in [3.63, 3.8) is 0 Å². The summed E-state index contributed by atoms with van der Waals surface area (Å²) >= 11 is 0. The summed E-state index contributed by atoms with van der Waals surface area (Å²) in [6.07, 6.45) is 13.5. The molecular weight excluding hydrogens is 210 g/mol. The zero-order valence-electron chi connectivity index (χ0n) is 11.5. The molecule has 17 heavy (non-hydrogen) atoms. The van der Waals surface area contributed by atoms with Crippen LogP contribution in [0.25, 0.3) is 0 Å². The van der Waals surface area contributed by atoms with E-state index in [4.69, 9.17) is 0 Å². The Bertz CT molecular complexity index is 243. The fourth-order valence-corrected chi connectivity index (χ4v) is 1.31. The predicted octanol–water partition coefficient (Wildman–Crippen LogP) is 3.84. The van der Waals surface area contributed by atoms with Gasteiger partial charge in [-0.15, -0.1) is 0 Å². The van der Waals surface area contributed by atoms with Crippen molar-refractivity contribution < 1.29 is 4.79 Å². The highest BCUT2D eigenvalue weighted by molar-refractivity contribution is 5.87. The van der Waals surface area contributed by atoms with Crippen molar-refractivity contribution in [3.05, 3.63) is 24.3 Å². The van der Waals surface area contributed by atoms with Crippen LogP contribution in [-0.4, -0.2) is 12.5 Å². The molecule has 0 aromatic heterocycles. The first-order valence-corrected chi connectivity index (χ1v) is 6.81. The normalized spacial score (nSPS) is 13.4. The average molecular weight is 237 g/mol. The molecule has 0 aromatic rings. The molecule has 0 fully saturated rings. The first-order chi connectivity index (χ1) is 8.20. The molecule has 1 unspecified atom stereocenters. The van der Waals surface area contributed by atoms with Gasteiger partial charge < -0.3 is 5.32 Å². The van der Waals surface area contributed by atoms with E-state index in [0.717, 1.165) is 19.4 Å². The number of unbranched alkanes of at least 4 members (excludes halogenated alkanes) is 3. The maximum Gasteiger partial charge on any atom is 0.243 e. The Labute approximate surface area is 106 Å². The third kappa shape index (κ3) is 11.2. The van der Waals surface area contributed by atoms with Gasteiger partial charge in [-0.2, -0.15) is 0 Å². The highest BCUT2D eigenvalue weighted by Crippen LogP contribution is 1.99. The molecule has 0 spiro atoms. The Hall–Kier alpha value is -1.05. The van der Waals surface area contributed by atoms with E-state index < -0.39 is 0 Å². The summed E-state index contributed by atoms with van der Waals surface area (Å²) in [7, 11) is 0. The lowest BCUT2D eigenvalue weighted by atomic mass is 10.1. The maximum absolute atomic E-state index is 11.4. The van der Waals surface area contributed by atoms with Crippen LogP contribution in [0.15, 0.2) is 24.3 Å². The second-order valence-electron chi connectivity index (χ2n) is 4.54. The van der Waals surface area contributed by atoms with Gasteiger partial charge in [-0.1, -0.05) is 58.3 Å². The minimum atomic E-state index is 0.00325. The summed E-state index contributed by atoms with van der Waals surface area (Å²) in [5, 5.41) is 2.88. The number of hydrogen-bond donors (Lipinski definition) is 1. The predicted molar refractivity (Wildman–Crippen MR) is 74.9 cm³/mol. The van der Waals surface area contributed by atoms with Crippen molar-refractivity contribution in [2.45, 2.75) is 52.9 Å². The third-order valence-electron chi connectivity index (χ3n) is 2.79. The number of allylic oxidation sites excluding steroid dienone is 3. The number of rotatable bonds is 9. The second kappa shape index (κ2) is 11.4. The number of amides is 1. The van der Waals surface area contributed by atoms with Crippen LogP contribution >= 0.6 is 0 Å². The smallest absolute Gasteiger partial charge is 0.243 e. The molecule has 2 heteroatoms. The van der Waals surface area contributed by atoms with Gasteiger partial charge in [0.15, 0.2) is 0 Å². The van der Waals surface area contributed by atoms with Crippen molar-refractivity contribution in [2.24, 2.45) is 5.92 Å². The van der Waals surface area contributed by atoms with E-state index in [1.165, 1.54) is 19.3 Å². The topological polar surface area (TPSA) is 29.1 Å². The molecule has 0 aromatic carbocycles. The molecular formula is C15H27NO. The second-order valence-corrected chi connectivity index (χ2v) is 4.54. The Morgan fingerprint density at radius 2 is 2.00 bits per heavy atom. The lowest BCUT2D eigenvalue weighted by molar-refractivity contribution is -0.116. The summed E-state index contributed by atoms with van der Waals surface area (Å²) < 4.78 is 0. The van der Waals surface area contributed by atoms with Gasteiger partial charge in [-0.25, -0.2) is 0 Å². The summed E-state index contributed by atoms with van der Waals surface area (Å²) in [6.45, 7) is 7.23. The van der Waals surface area contributed by atoms with Gasteiger partial charge >= 0.3 is 0 Å². The molecule has 2 nitrogen and oxygen atoms in total. The fourth-order valence-electron chi connectivity index (χ4n) is 1.31. The molecule has 0 radical (unpaired) electrons. The Morgan fingerprint density at radius 1 is 1.24 bits per heavy atom. The van der Waals surface area contributed by atoms with Crippen LogP contribution in [0, 0.1) is 5.92 Å². The van der Waals surface area contributed by atoms with E-state index in [1.54, 1.807) is 6.08 Å². The quantitative estimate of drug-likeness (QED) is 0.368. The van der Waals surface area contributed by atoms with Crippen LogP contribution in [0.4, 0.5) is 0 Å². The molecule has 98 valence electrons. The summed E-state index contributed by atoms with van der Waals surface area (Å²) in [5.41, 5.74) is 0. The van der Waals surface area contributed by atoms with Crippen LogP contribution < -0.4 is 5.32 Å². The number of nitrogens with one attached hydrogen (secondary N) is 1. The molecule has 0 aliphatic heterocycles. The molecule has 0 bridgehead atoms. The SMILES string of the molecule is CCCCC/C=C/C=CC(=O)NCC(C)CC. The average Bonchev–Trinajstić information content (AvgIpc) is 2.34. The van der Waals surface area contributed by atoms with Crippen LogP contribution in [0.5, 0.6) is 0 Å². The molecule has 1 atom stereocenters. The van der Waals surface area contributed by atoms with Crippen LogP contribution in [0.3, 0.4) is 0 Å². The van der Waals surface area contributed by atoms with Crippen LogP contribution in [-0.2, 0) is 4.79 Å². The molecule has 0 rings (SSSR count). The van der Waals surface area contributed by atoms with Crippen LogP contribution in [0.2, 0.25) is 0 Å². The largest absolute Gasteiger partial charge is 0.352 e. The van der Waals surface area contributed by atoms with Gasteiger partial charge in [0.2, 0.25) is 5.91 Å². The number of carbonyl (C=O) groups excluding carboxylic acids is 1. The van der Waals surface area contributed by atoms with Gasteiger partial charge in [0.1, 0.15) is 0 Å². The standard InChI is InChI=1S/C15H27NO/c1-4-6-7-8-9-10-11-12-15(17)16-13-14(3)5-2/h9-12,14H,4-8,13H2,1-3H3,(H,16,17)/b10-9+,12-11?. The molecule has 0 saturated carbocycles. The van der Waals surface area contributed by atoms with Crippen molar-refractivity contribution in [1.82, 2.24) is 5.32 Å². The minimum absolute atomic E-state index is 0.00325. The number of hydrogen-bond acceptors (Lipinski definition) is 1. The van der Waals surface area contributed by atoms with Crippen LogP contribution in [0.1, 0.15) is 52.9 Å². The Morgan fingerprint density at radius 3 is 2.65 bits per heavy atom. The third-order valence-corrected chi connectivity index (χ3v) is 2.79. The van der Waals surface area contributed by atoms with E-state index in [1.807, 2.05) is 12.2 Å². The zero-order valence-corrected chi connectivity index (χ0v) is 11.5. The number of carbonyl (C=O) groups is 1. The van der Waals surface area contributed by atoms with Gasteiger partial charge in [-0.3, -0.25) is 4.79 Å². The highest BCUT2D eigenvalue weighted by atomic mass is 16.1. The van der Waals surface area contributed by atoms with E-state index in [-0.39, 0.29) is 5.91 Å². The molecule has 0 aliphatic carbocycles. The first kappa shape index (κ1) is 16.0. The van der Waals surface area contributed by atoms with Gasteiger partial charge in [0.05, 0.1) is 0 Å². The molecule has 1 N–H and O–H groups in total. The molecule has 0 aliphatic rings. The molecule has 0 heterocycles. The van der Waals surface area contributed by atoms with E-state index >= 15 is 0 Å². The summed E-state index contributed by atoms with van der Waals surface area (Å²) in [4.78, 5) is 11.4. The monoisotopic (exact) mass is 237 g/mol. The molecule has 0 saturated heterocycles. The Kier molecular flexibility index (Phi) is 10.7. The van der Waals surface area contributed by atoms with Gasteiger partial charge in [0.25, 0.3) is 0 Å². The van der Waals surface area contributed by atoms with E-state index in [0.29, 0.717) is 5.92 Å². The highest BCUT2D eigenvalue weighted by Gasteiger charge is 1.99. The lowest BCUT2D eigenvalue weighted by Gasteiger charge is -2.07. The van der Waals surface area contributed by atoms with Crippen molar-refractivity contribution in [2.75, 3.05) is 6.54 Å². The lowest BCUT2D eigenvalue weighted by Crippen LogP contribution is -2.26. The van der Waals surface area contributed by atoms with Crippen molar-refractivity contribution in [3.8, 4) is 0 Å². The van der Waals surface area contributed by atoms with Crippen molar-refractivity contribution in [1.29, 1.82) is 0 Å². The summed E-state index contributed by atoms with van der Waals surface area (Å²) in [6, 6.07) is 0. The van der Waals surface area contributed by atoms with E-state index in [9.17, 15) is 4.79 Å². The fraction of sp³-hybridized carbons (Fsp3) is 0.667.